The van der Waals surface area contributed by atoms with E-state index in [9.17, 15) is 19.2 Å². The number of fused-ring (bicyclic) bond motifs is 1. The van der Waals surface area contributed by atoms with Crippen LogP contribution in [-0.2, 0) is 14.4 Å². The zero-order chi connectivity index (χ0) is 23.6. The van der Waals surface area contributed by atoms with E-state index in [-0.39, 0.29) is 11.8 Å². The molecule has 172 valence electrons. The van der Waals surface area contributed by atoms with Gasteiger partial charge in [-0.05, 0) is 47.2 Å². The molecule has 0 saturated carbocycles. The monoisotopic (exact) mass is 466 g/mol. The van der Waals surface area contributed by atoms with E-state index in [1.165, 1.54) is 11.3 Å². The van der Waals surface area contributed by atoms with Crippen LogP contribution in [0.25, 0.3) is 10.8 Å². The molecule has 0 spiro atoms. The van der Waals surface area contributed by atoms with Crippen LogP contribution in [0.4, 0.5) is 0 Å². The van der Waals surface area contributed by atoms with Gasteiger partial charge >= 0.3 is 5.97 Å². The molecule has 1 aromatic heterocycles. The lowest BCUT2D eigenvalue weighted by atomic mass is 9.98. The predicted molar refractivity (Wildman–Crippen MR) is 127 cm³/mol. The largest absolute Gasteiger partial charge is 0.481 e. The van der Waals surface area contributed by atoms with E-state index in [0.29, 0.717) is 37.7 Å². The molecule has 0 aliphatic carbocycles. The fraction of sp³-hybridized carbons (Fsp3) is 0.280. The summed E-state index contributed by atoms with van der Waals surface area (Å²) in [6.07, 6.45) is 1.88. The molecule has 8 heteroatoms. The van der Waals surface area contributed by atoms with Gasteiger partial charge in [0.2, 0.25) is 5.91 Å². The van der Waals surface area contributed by atoms with E-state index in [2.05, 4.69) is 10.6 Å². The second-order valence-corrected chi connectivity index (χ2v) is 8.71. The Kier molecular flexibility index (Phi) is 8.71. The summed E-state index contributed by atoms with van der Waals surface area (Å²) < 4.78 is 0. The molecule has 2 unspecified atom stereocenters. The maximum atomic E-state index is 12.7. The summed E-state index contributed by atoms with van der Waals surface area (Å²) in [6, 6.07) is 16.1. The average molecular weight is 467 g/mol. The van der Waals surface area contributed by atoms with Gasteiger partial charge in [0.1, 0.15) is 6.29 Å². The Morgan fingerprint density at radius 3 is 2.48 bits per heavy atom. The smallest absolute Gasteiger partial charge is 0.305 e. The number of amides is 2. The topological polar surface area (TPSA) is 113 Å². The Morgan fingerprint density at radius 1 is 1.00 bits per heavy atom. The first-order valence-electron chi connectivity index (χ1n) is 10.8. The summed E-state index contributed by atoms with van der Waals surface area (Å²) in [7, 11) is 0. The highest BCUT2D eigenvalue weighted by atomic mass is 32.1. The van der Waals surface area contributed by atoms with Gasteiger partial charge in [-0.1, -0.05) is 42.8 Å². The molecule has 0 bridgehead atoms. The Labute approximate surface area is 195 Å². The number of aliphatic carboxylic acids is 1. The number of carbonyl (C=O) groups is 4. The predicted octanol–water partition coefficient (Wildman–Crippen LogP) is 3.74. The van der Waals surface area contributed by atoms with Crippen molar-refractivity contribution in [3.05, 3.63) is 70.4 Å². The molecule has 1 heterocycles. The lowest BCUT2D eigenvalue weighted by Gasteiger charge is -2.18. The van der Waals surface area contributed by atoms with Gasteiger partial charge in [0.25, 0.3) is 5.91 Å². The number of hydrogen-bond donors (Lipinski definition) is 3. The maximum absolute atomic E-state index is 12.7. The summed E-state index contributed by atoms with van der Waals surface area (Å²) in [6.45, 7) is 0.473. The Balaban J connectivity index is 1.50. The number of benzene rings is 2. The lowest BCUT2D eigenvalue weighted by molar-refractivity contribution is -0.138. The van der Waals surface area contributed by atoms with E-state index in [1.807, 2.05) is 53.9 Å². The molecule has 2 atom stereocenters. The van der Waals surface area contributed by atoms with Gasteiger partial charge < -0.3 is 20.5 Å². The van der Waals surface area contributed by atoms with E-state index in [0.717, 1.165) is 15.6 Å². The second-order valence-electron chi connectivity index (χ2n) is 7.73. The molecule has 3 rings (SSSR count). The van der Waals surface area contributed by atoms with Gasteiger partial charge in [-0.15, -0.1) is 11.3 Å². The SMILES string of the molecule is O=CC(CC(=O)O)NC(=O)C(CCCCNC(=O)c1ccc2ccccc2c1)c1cccs1. The van der Waals surface area contributed by atoms with Gasteiger partial charge in [-0.25, -0.2) is 0 Å². The quantitative estimate of drug-likeness (QED) is 0.278. The fourth-order valence-electron chi connectivity index (χ4n) is 3.60. The van der Waals surface area contributed by atoms with E-state index in [1.54, 1.807) is 6.07 Å². The number of nitrogens with one attached hydrogen (secondary N) is 2. The standard InChI is InChI=1S/C25H26N2O5S/c28-16-20(15-23(29)30)27-25(32)21(22-9-5-13-33-22)8-3-4-12-26-24(31)19-11-10-17-6-1-2-7-18(17)14-19/h1-2,5-7,9-11,13-14,16,20-21H,3-4,8,12,15H2,(H,26,31)(H,27,32)(H,29,30). The van der Waals surface area contributed by atoms with Crippen molar-refractivity contribution < 1.29 is 24.3 Å². The zero-order valence-corrected chi connectivity index (χ0v) is 18.8. The van der Waals surface area contributed by atoms with Crippen molar-refractivity contribution in [1.82, 2.24) is 10.6 Å². The molecule has 0 aliphatic rings. The highest BCUT2D eigenvalue weighted by molar-refractivity contribution is 7.10. The first-order chi connectivity index (χ1) is 16.0. The van der Waals surface area contributed by atoms with Crippen LogP contribution in [0.5, 0.6) is 0 Å². The summed E-state index contributed by atoms with van der Waals surface area (Å²) in [5.74, 6) is -2.13. The third-order valence-corrected chi connectivity index (χ3v) is 6.29. The van der Waals surface area contributed by atoms with Crippen LogP contribution in [-0.4, -0.2) is 41.8 Å². The van der Waals surface area contributed by atoms with Gasteiger partial charge in [-0.2, -0.15) is 0 Å². The van der Waals surface area contributed by atoms with Crippen LogP contribution in [0.15, 0.2) is 60.0 Å². The molecule has 2 amide bonds. The lowest BCUT2D eigenvalue weighted by Crippen LogP contribution is -2.40. The summed E-state index contributed by atoms with van der Waals surface area (Å²) in [5.41, 5.74) is 0.600. The molecule has 3 N–H and O–H groups in total. The van der Waals surface area contributed by atoms with Gasteiger partial charge in [-0.3, -0.25) is 14.4 Å². The van der Waals surface area contributed by atoms with Crippen molar-refractivity contribution in [3.63, 3.8) is 0 Å². The Hall–Kier alpha value is -3.52. The van der Waals surface area contributed by atoms with Crippen LogP contribution in [0.3, 0.4) is 0 Å². The minimum Gasteiger partial charge on any atom is -0.481 e. The summed E-state index contributed by atoms with van der Waals surface area (Å²) in [5, 5.41) is 18.3. The normalized spacial score (nSPS) is 12.6. The first-order valence-corrected chi connectivity index (χ1v) is 11.6. The van der Waals surface area contributed by atoms with Crippen LogP contribution < -0.4 is 10.6 Å². The van der Waals surface area contributed by atoms with Crippen molar-refractivity contribution in [2.45, 2.75) is 37.6 Å². The van der Waals surface area contributed by atoms with Gasteiger partial charge in [0.15, 0.2) is 0 Å². The molecular formula is C25H26N2O5S. The average Bonchev–Trinajstić information content (AvgIpc) is 3.34. The number of carboxylic acids is 1. The molecule has 7 nitrogen and oxygen atoms in total. The Morgan fingerprint density at radius 2 is 1.79 bits per heavy atom. The number of aldehydes is 1. The highest BCUT2D eigenvalue weighted by Gasteiger charge is 2.24. The van der Waals surface area contributed by atoms with Crippen molar-refractivity contribution in [2.24, 2.45) is 0 Å². The first kappa shape index (κ1) is 24.1. The number of hydrogen-bond acceptors (Lipinski definition) is 5. The van der Waals surface area contributed by atoms with E-state index >= 15 is 0 Å². The second kappa shape index (κ2) is 11.9. The van der Waals surface area contributed by atoms with Crippen LogP contribution >= 0.6 is 11.3 Å². The minimum absolute atomic E-state index is 0.143. The summed E-state index contributed by atoms with van der Waals surface area (Å²) >= 11 is 1.44. The van der Waals surface area contributed by atoms with Gasteiger partial charge in [0, 0.05) is 17.0 Å². The number of thiophene rings is 1. The fourth-order valence-corrected chi connectivity index (χ4v) is 4.47. The molecule has 3 aromatic rings. The number of carbonyl (C=O) groups excluding carboxylic acids is 3. The molecular weight excluding hydrogens is 440 g/mol. The van der Waals surface area contributed by atoms with Crippen LogP contribution in [0, 0.1) is 0 Å². The van der Waals surface area contributed by atoms with Crippen molar-refractivity contribution in [1.29, 1.82) is 0 Å². The number of unbranched alkanes of at least 4 members (excludes halogenated alkanes) is 1. The molecule has 0 radical (unpaired) electrons. The van der Waals surface area contributed by atoms with Crippen molar-refractivity contribution in [3.8, 4) is 0 Å². The number of carboxylic acid groups (broad SMARTS) is 1. The van der Waals surface area contributed by atoms with Crippen LogP contribution in [0.1, 0.15) is 46.8 Å². The molecule has 33 heavy (non-hydrogen) atoms. The van der Waals surface area contributed by atoms with Crippen molar-refractivity contribution >= 4 is 46.2 Å². The molecule has 0 saturated heterocycles. The minimum atomic E-state index is -1.15. The highest BCUT2D eigenvalue weighted by Crippen LogP contribution is 2.27. The molecule has 0 fully saturated rings. The zero-order valence-electron chi connectivity index (χ0n) is 18.0. The van der Waals surface area contributed by atoms with Gasteiger partial charge in [0.05, 0.1) is 18.4 Å². The van der Waals surface area contributed by atoms with E-state index < -0.39 is 24.3 Å². The van der Waals surface area contributed by atoms with Crippen LogP contribution in [0.2, 0.25) is 0 Å². The molecule has 0 aliphatic heterocycles. The summed E-state index contributed by atoms with van der Waals surface area (Å²) in [4.78, 5) is 48.0. The van der Waals surface area contributed by atoms with E-state index in [4.69, 9.17) is 5.11 Å². The number of rotatable bonds is 12. The third kappa shape index (κ3) is 6.98. The third-order valence-electron chi connectivity index (χ3n) is 5.31. The molecule has 2 aromatic carbocycles. The van der Waals surface area contributed by atoms with Crippen molar-refractivity contribution in [2.75, 3.05) is 6.54 Å². The Bertz CT molecular complexity index is 1110. The maximum Gasteiger partial charge on any atom is 0.305 e.